The molecule has 0 aromatic carbocycles. The Hall–Kier alpha value is -0.710. The van der Waals surface area contributed by atoms with Gasteiger partial charge in [-0.25, -0.2) is 16.8 Å². The monoisotopic (exact) mass is 315 g/mol. The average molecular weight is 315 g/mol. The molecule has 1 aliphatic heterocycles. The fourth-order valence-corrected chi connectivity index (χ4v) is 5.37. The van der Waals surface area contributed by atoms with E-state index in [1.54, 1.807) is 0 Å². The van der Waals surface area contributed by atoms with E-state index < -0.39 is 43.7 Å². The van der Waals surface area contributed by atoms with Crippen molar-refractivity contribution in [2.24, 2.45) is 0 Å². The molecule has 0 spiro atoms. The van der Waals surface area contributed by atoms with Gasteiger partial charge in [0, 0.05) is 12.6 Å². The summed E-state index contributed by atoms with van der Waals surface area (Å²) in [4.78, 5) is 10.8. The number of sulfonamides is 1. The molecule has 8 nitrogen and oxygen atoms in total. The maximum atomic E-state index is 12.1. The van der Waals surface area contributed by atoms with Crippen molar-refractivity contribution in [2.75, 3.05) is 24.7 Å². The Morgan fingerprint density at radius 1 is 1.47 bits per heavy atom. The summed E-state index contributed by atoms with van der Waals surface area (Å²) < 4.78 is 47.8. The van der Waals surface area contributed by atoms with Crippen LogP contribution in [0.4, 0.5) is 0 Å². The highest BCUT2D eigenvalue weighted by atomic mass is 32.2. The molecule has 0 bridgehead atoms. The Morgan fingerprint density at radius 3 is 2.42 bits per heavy atom. The molecule has 10 heteroatoms. The Balaban J connectivity index is 3.05. The third kappa shape index (κ3) is 3.65. The van der Waals surface area contributed by atoms with E-state index in [1.165, 1.54) is 0 Å². The molecule has 1 aliphatic rings. The maximum absolute atomic E-state index is 12.1. The van der Waals surface area contributed by atoms with Crippen molar-refractivity contribution in [1.29, 1.82) is 0 Å². The molecular weight excluding hydrogens is 298 g/mol. The minimum Gasteiger partial charge on any atom is -0.480 e. The van der Waals surface area contributed by atoms with Crippen LogP contribution in [0.25, 0.3) is 0 Å². The molecule has 0 aliphatic carbocycles. The van der Waals surface area contributed by atoms with E-state index in [-0.39, 0.29) is 24.5 Å². The smallest absolute Gasteiger partial charge is 0.323 e. The topological polar surface area (TPSA) is 129 Å². The number of nitrogens with zero attached hydrogens (tertiary/aromatic N) is 1. The van der Waals surface area contributed by atoms with Crippen molar-refractivity contribution in [3.8, 4) is 0 Å². The molecule has 1 saturated heterocycles. The van der Waals surface area contributed by atoms with Gasteiger partial charge < -0.3 is 10.2 Å². The van der Waals surface area contributed by atoms with Crippen LogP contribution < -0.4 is 0 Å². The number of hydrogen-bond acceptors (Lipinski definition) is 6. The molecule has 2 N–H and O–H groups in total. The van der Waals surface area contributed by atoms with Gasteiger partial charge in [0.05, 0.1) is 18.1 Å². The van der Waals surface area contributed by atoms with Crippen LogP contribution in [-0.4, -0.2) is 73.3 Å². The molecule has 1 fully saturated rings. The molecule has 0 aromatic heterocycles. The summed E-state index contributed by atoms with van der Waals surface area (Å²) in [6.45, 7) is 0.216. The fraction of sp³-hybridized carbons (Fsp3) is 0.889. The minimum absolute atomic E-state index is 0.119. The van der Waals surface area contributed by atoms with E-state index in [0.717, 1.165) is 11.2 Å². The first-order chi connectivity index (χ1) is 8.62. The summed E-state index contributed by atoms with van der Waals surface area (Å²) in [5, 5.41) is 16.0. The number of aliphatic hydroxyl groups is 1. The molecule has 0 radical (unpaired) electrons. The Morgan fingerprint density at radius 2 is 2.05 bits per heavy atom. The molecule has 1 heterocycles. The Bertz CT molecular complexity index is 539. The van der Waals surface area contributed by atoms with E-state index in [1.807, 2.05) is 0 Å². The van der Waals surface area contributed by atoms with E-state index in [4.69, 9.17) is 10.2 Å². The molecular formula is C9H17NO7S2. The average Bonchev–Trinajstić information content (AvgIpc) is 2.64. The molecule has 2 atom stereocenters. The molecule has 2 unspecified atom stereocenters. The number of carboxylic acid groups (broad SMARTS) is 1. The summed E-state index contributed by atoms with van der Waals surface area (Å²) in [7, 11) is -7.49. The second-order valence-corrected chi connectivity index (χ2v) is 8.85. The van der Waals surface area contributed by atoms with Gasteiger partial charge in [0.15, 0.2) is 15.1 Å². The van der Waals surface area contributed by atoms with Gasteiger partial charge in [0.1, 0.15) is 0 Å². The van der Waals surface area contributed by atoms with Gasteiger partial charge in [-0.15, -0.1) is 0 Å². The van der Waals surface area contributed by atoms with Gasteiger partial charge in [-0.2, -0.15) is 4.31 Å². The van der Waals surface area contributed by atoms with Gasteiger partial charge >= 0.3 is 5.97 Å². The molecule has 1 rings (SSSR count). The highest BCUT2D eigenvalue weighted by Crippen LogP contribution is 2.22. The molecule has 19 heavy (non-hydrogen) atoms. The van der Waals surface area contributed by atoms with Crippen molar-refractivity contribution >= 4 is 25.8 Å². The van der Waals surface area contributed by atoms with Crippen LogP contribution in [0.2, 0.25) is 0 Å². The van der Waals surface area contributed by atoms with Crippen LogP contribution in [-0.2, 0) is 24.7 Å². The van der Waals surface area contributed by atoms with E-state index in [0.29, 0.717) is 0 Å². The van der Waals surface area contributed by atoms with E-state index in [2.05, 4.69) is 0 Å². The zero-order chi connectivity index (χ0) is 14.8. The standard InChI is InChI=1S/C9H17NO7S2/c1-7(9(12)13)19(16,17)10(3-4-11)8-2-5-18(14,15)6-8/h7-8,11H,2-6H2,1H3,(H,12,13). The van der Waals surface area contributed by atoms with Crippen LogP contribution in [0.1, 0.15) is 13.3 Å². The minimum atomic E-state index is -4.19. The maximum Gasteiger partial charge on any atom is 0.323 e. The van der Waals surface area contributed by atoms with Crippen LogP contribution in [0.3, 0.4) is 0 Å². The molecule has 112 valence electrons. The van der Waals surface area contributed by atoms with Gasteiger partial charge in [0.25, 0.3) is 0 Å². The van der Waals surface area contributed by atoms with Gasteiger partial charge in [0.2, 0.25) is 10.0 Å². The number of sulfone groups is 1. The number of rotatable bonds is 6. The van der Waals surface area contributed by atoms with Crippen LogP contribution in [0, 0.1) is 0 Å². The summed E-state index contributed by atoms with van der Waals surface area (Å²) in [5.74, 6) is -1.97. The zero-order valence-electron chi connectivity index (χ0n) is 10.4. The van der Waals surface area contributed by atoms with Gasteiger partial charge in [-0.3, -0.25) is 4.79 Å². The van der Waals surface area contributed by atoms with Crippen LogP contribution in [0.5, 0.6) is 0 Å². The van der Waals surface area contributed by atoms with E-state index >= 15 is 0 Å². The SMILES string of the molecule is CC(C(=O)O)S(=O)(=O)N(CCO)C1CCS(=O)(=O)C1. The lowest BCUT2D eigenvalue weighted by Crippen LogP contribution is -2.48. The van der Waals surface area contributed by atoms with Crippen molar-refractivity contribution in [2.45, 2.75) is 24.6 Å². The second kappa shape index (κ2) is 5.73. The van der Waals surface area contributed by atoms with Crippen LogP contribution in [0.15, 0.2) is 0 Å². The summed E-state index contributed by atoms with van der Waals surface area (Å²) in [6.07, 6.45) is 0.119. The third-order valence-corrected chi connectivity index (χ3v) is 7.04. The number of carbonyl (C=O) groups is 1. The first-order valence-electron chi connectivity index (χ1n) is 5.66. The van der Waals surface area contributed by atoms with Gasteiger partial charge in [-0.05, 0) is 13.3 Å². The Labute approximate surface area is 112 Å². The second-order valence-electron chi connectivity index (χ2n) is 4.42. The largest absolute Gasteiger partial charge is 0.480 e. The van der Waals surface area contributed by atoms with E-state index in [9.17, 15) is 21.6 Å². The van der Waals surface area contributed by atoms with Crippen molar-refractivity contribution in [1.82, 2.24) is 4.31 Å². The van der Waals surface area contributed by atoms with Crippen molar-refractivity contribution in [3.63, 3.8) is 0 Å². The summed E-state index contributed by atoms with van der Waals surface area (Å²) in [5.41, 5.74) is 0. The van der Waals surface area contributed by atoms with Crippen LogP contribution >= 0.6 is 0 Å². The number of aliphatic hydroxyl groups excluding tert-OH is 1. The van der Waals surface area contributed by atoms with Crippen molar-refractivity contribution in [3.05, 3.63) is 0 Å². The Kier molecular flexibility index (Phi) is 4.93. The number of hydrogen-bond donors (Lipinski definition) is 2. The molecule has 0 saturated carbocycles. The highest BCUT2D eigenvalue weighted by molar-refractivity contribution is 7.92. The third-order valence-electron chi connectivity index (χ3n) is 3.06. The predicted octanol–water partition coefficient (Wildman–Crippen LogP) is -1.73. The highest BCUT2D eigenvalue weighted by Gasteiger charge is 2.41. The lowest BCUT2D eigenvalue weighted by molar-refractivity contribution is -0.136. The summed E-state index contributed by atoms with van der Waals surface area (Å²) >= 11 is 0. The predicted molar refractivity (Wildman–Crippen MR) is 66.9 cm³/mol. The zero-order valence-corrected chi connectivity index (χ0v) is 12.0. The normalized spacial score (nSPS) is 24.5. The first-order valence-corrected chi connectivity index (χ1v) is 8.99. The molecule has 0 amide bonds. The van der Waals surface area contributed by atoms with Gasteiger partial charge in [-0.1, -0.05) is 0 Å². The number of carboxylic acids is 1. The van der Waals surface area contributed by atoms with Crippen molar-refractivity contribution < 1.29 is 31.8 Å². The lowest BCUT2D eigenvalue weighted by Gasteiger charge is -2.28. The fourth-order valence-electron chi connectivity index (χ4n) is 1.95. The quantitative estimate of drug-likeness (QED) is 0.596. The number of aliphatic carboxylic acids is 1. The lowest BCUT2D eigenvalue weighted by atomic mass is 10.3. The molecule has 0 aromatic rings. The first kappa shape index (κ1) is 16.3. The summed E-state index contributed by atoms with van der Waals surface area (Å²) in [6, 6.07) is -0.802.